The van der Waals surface area contributed by atoms with Crippen LogP contribution in [0.5, 0.6) is 0 Å². The number of anilines is 1. The number of pyridine rings is 1. The Kier molecular flexibility index (Phi) is 11.8. The van der Waals surface area contributed by atoms with Gasteiger partial charge in [-0.15, -0.1) is 0 Å². The number of rotatable bonds is 11. The quantitative estimate of drug-likeness (QED) is 0.121. The maximum Gasteiger partial charge on any atom is 0.407 e. The van der Waals surface area contributed by atoms with Gasteiger partial charge in [-0.3, -0.25) is 14.4 Å². The summed E-state index contributed by atoms with van der Waals surface area (Å²) in [6.07, 6.45) is 2.59. The monoisotopic (exact) mass is 711 g/mol. The van der Waals surface area contributed by atoms with E-state index in [1.807, 2.05) is 71.9 Å². The van der Waals surface area contributed by atoms with E-state index in [4.69, 9.17) is 4.74 Å². The number of hydrogen-bond acceptors (Lipinski definition) is 7. The van der Waals surface area contributed by atoms with Crippen molar-refractivity contribution < 1.29 is 23.9 Å². The summed E-state index contributed by atoms with van der Waals surface area (Å²) in [5.74, 6) is -0.839. The SMILES string of the molecule is Cc1nc(C(=O)NC(C)C)ccc1-c1ccc(C[C@H](NC(=O)[C@H]2CC[C@H](CNC(=O)OC(C)(C)C)CC2)C(=O)Nc2ccc3[nH]c(=O)[nH]c3c2)cc1. The molecule has 5 rings (SSSR count). The third-order valence-electron chi connectivity index (χ3n) is 9.01. The number of ether oxygens (including phenoxy) is 1. The molecule has 4 amide bonds. The first-order chi connectivity index (χ1) is 24.6. The van der Waals surface area contributed by atoms with E-state index in [-0.39, 0.29) is 47.7 Å². The number of carbonyl (C=O) groups is 4. The predicted molar refractivity (Wildman–Crippen MR) is 200 cm³/mol. The van der Waals surface area contributed by atoms with E-state index in [2.05, 4.69) is 36.2 Å². The van der Waals surface area contributed by atoms with Crippen LogP contribution in [0.4, 0.5) is 10.5 Å². The molecule has 2 heterocycles. The Bertz CT molecular complexity index is 1970. The van der Waals surface area contributed by atoms with Crippen LogP contribution in [-0.4, -0.2) is 63.0 Å². The molecular formula is C39H49N7O6. The Morgan fingerprint density at radius 1 is 0.904 bits per heavy atom. The summed E-state index contributed by atoms with van der Waals surface area (Å²) in [6.45, 7) is 11.6. The van der Waals surface area contributed by atoms with Gasteiger partial charge in [0.25, 0.3) is 5.91 Å². The maximum absolute atomic E-state index is 13.8. The highest BCUT2D eigenvalue weighted by Gasteiger charge is 2.30. The number of aryl methyl sites for hydroxylation is 1. The lowest BCUT2D eigenvalue weighted by Crippen LogP contribution is -2.48. The summed E-state index contributed by atoms with van der Waals surface area (Å²) in [5.41, 5.74) is 4.41. The summed E-state index contributed by atoms with van der Waals surface area (Å²) < 4.78 is 5.34. The fourth-order valence-electron chi connectivity index (χ4n) is 6.39. The average Bonchev–Trinajstić information content (AvgIpc) is 3.45. The number of hydrogen-bond donors (Lipinski definition) is 6. The molecule has 0 saturated heterocycles. The molecule has 0 radical (unpaired) electrons. The molecule has 1 atom stereocenters. The molecule has 276 valence electrons. The Morgan fingerprint density at radius 2 is 1.60 bits per heavy atom. The molecule has 0 aliphatic heterocycles. The summed E-state index contributed by atoms with van der Waals surface area (Å²) in [7, 11) is 0. The molecule has 2 aromatic heterocycles. The third-order valence-corrected chi connectivity index (χ3v) is 9.01. The number of imidazole rings is 1. The zero-order chi connectivity index (χ0) is 37.6. The summed E-state index contributed by atoms with van der Waals surface area (Å²) in [4.78, 5) is 73.6. The Labute approximate surface area is 303 Å². The molecule has 52 heavy (non-hydrogen) atoms. The molecule has 1 fully saturated rings. The van der Waals surface area contributed by atoms with Gasteiger partial charge in [0, 0.05) is 41.9 Å². The minimum absolute atomic E-state index is 0.000669. The minimum atomic E-state index is -0.881. The van der Waals surface area contributed by atoms with Gasteiger partial charge in [-0.1, -0.05) is 30.3 Å². The summed E-state index contributed by atoms with van der Waals surface area (Å²) in [5, 5.41) is 11.6. The first-order valence-electron chi connectivity index (χ1n) is 17.8. The molecule has 4 aromatic rings. The molecule has 0 unspecified atom stereocenters. The van der Waals surface area contributed by atoms with Crippen molar-refractivity contribution in [3.8, 4) is 11.1 Å². The van der Waals surface area contributed by atoms with Gasteiger partial charge in [-0.2, -0.15) is 0 Å². The molecule has 13 nitrogen and oxygen atoms in total. The topological polar surface area (TPSA) is 187 Å². The molecule has 0 spiro atoms. The van der Waals surface area contributed by atoms with Crippen LogP contribution in [0.25, 0.3) is 22.2 Å². The number of alkyl carbamates (subject to hydrolysis) is 1. The standard InChI is InChI=1S/C39H49N7O6/c1-22(2)41-35(48)31-18-16-29(23(3)42-31)26-11-7-24(8-12-26)19-33(36(49)43-28-15-17-30-32(20-28)46-37(50)45-30)44-34(47)27-13-9-25(10-14-27)21-40-38(51)52-39(4,5)6/h7-8,11-12,15-18,20,22,25,27,33H,9-10,13-14,19,21H2,1-6H3,(H,40,51)(H,41,48)(H,43,49)(H,44,47)(H2,45,46,50)/t25-,27-,33-/m0/s1. The molecule has 1 aliphatic carbocycles. The first-order valence-corrected chi connectivity index (χ1v) is 17.8. The van der Waals surface area contributed by atoms with Crippen LogP contribution in [0.15, 0.2) is 59.4 Å². The highest BCUT2D eigenvalue weighted by atomic mass is 16.6. The lowest BCUT2D eigenvalue weighted by Gasteiger charge is -2.29. The Morgan fingerprint density at radius 3 is 2.25 bits per heavy atom. The van der Waals surface area contributed by atoms with Crippen molar-refractivity contribution in [2.75, 3.05) is 11.9 Å². The van der Waals surface area contributed by atoms with Crippen LogP contribution in [-0.2, 0) is 20.7 Å². The number of aromatic amines is 2. The first kappa shape index (κ1) is 37.8. The number of nitrogens with one attached hydrogen (secondary N) is 6. The number of amides is 4. The van der Waals surface area contributed by atoms with Crippen molar-refractivity contribution in [3.63, 3.8) is 0 Å². The molecule has 2 aromatic carbocycles. The second kappa shape index (κ2) is 16.3. The van der Waals surface area contributed by atoms with Gasteiger partial charge in [0.1, 0.15) is 17.3 Å². The van der Waals surface area contributed by atoms with Crippen LogP contribution in [0.3, 0.4) is 0 Å². The third kappa shape index (κ3) is 10.3. The van der Waals surface area contributed by atoms with Gasteiger partial charge < -0.3 is 36.0 Å². The number of H-pyrrole nitrogens is 2. The van der Waals surface area contributed by atoms with E-state index in [9.17, 15) is 24.0 Å². The number of carbonyl (C=O) groups excluding carboxylic acids is 4. The normalized spacial score (nSPS) is 16.6. The molecular weight excluding hydrogens is 662 g/mol. The van der Waals surface area contributed by atoms with E-state index in [1.165, 1.54) is 0 Å². The number of aromatic nitrogens is 3. The second-order valence-electron chi connectivity index (χ2n) is 14.8. The van der Waals surface area contributed by atoms with Crippen molar-refractivity contribution in [3.05, 3.63) is 82.0 Å². The highest BCUT2D eigenvalue weighted by Crippen LogP contribution is 2.29. The van der Waals surface area contributed by atoms with Crippen LogP contribution in [0.2, 0.25) is 0 Å². The van der Waals surface area contributed by atoms with Gasteiger partial charge in [0.05, 0.1) is 11.0 Å². The van der Waals surface area contributed by atoms with Crippen molar-refractivity contribution in [2.24, 2.45) is 11.8 Å². The largest absolute Gasteiger partial charge is 0.444 e. The molecule has 13 heteroatoms. The zero-order valence-electron chi connectivity index (χ0n) is 30.6. The summed E-state index contributed by atoms with van der Waals surface area (Å²) in [6, 6.07) is 15.5. The van der Waals surface area contributed by atoms with E-state index in [0.717, 1.165) is 29.5 Å². The second-order valence-corrected chi connectivity index (χ2v) is 14.8. The van der Waals surface area contributed by atoms with Crippen molar-refractivity contribution in [2.45, 2.75) is 91.3 Å². The van der Waals surface area contributed by atoms with E-state index >= 15 is 0 Å². The lowest BCUT2D eigenvalue weighted by molar-refractivity contribution is -0.130. The van der Waals surface area contributed by atoms with Gasteiger partial charge >= 0.3 is 11.8 Å². The van der Waals surface area contributed by atoms with E-state index in [1.54, 1.807) is 24.3 Å². The predicted octanol–water partition coefficient (Wildman–Crippen LogP) is 5.36. The highest BCUT2D eigenvalue weighted by molar-refractivity contribution is 5.99. The maximum atomic E-state index is 13.8. The number of nitrogens with zero attached hydrogens (tertiary/aromatic N) is 1. The van der Waals surface area contributed by atoms with Gasteiger partial charge in [-0.05, 0) is 109 Å². The molecule has 1 aliphatic rings. The fraction of sp³-hybridized carbons (Fsp3) is 0.436. The molecule has 6 N–H and O–H groups in total. The van der Waals surface area contributed by atoms with E-state index in [0.29, 0.717) is 47.5 Å². The number of fused-ring (bicyclic) bond motifs is 1. The van der Waals surface area contributed by atoms with Crippen molar-refractivity contribution in [1.82, 2.24) is 30.9 Å². The minimum Gasteiger partial charge on any atom is -0.444 e. The average molecular weight is 712 g/mol. The van der Waals surface area contributed by atoms with Crippen LogP contribution in [0.1, 0.15) is 82.0 Å². The number of benzene rings is 2. The van der Waals surface area contributed by atoms with Gasteiger partial charge in [0.2, 0.25) is 11.8 Å². The van der Waals surface area contributed by atoms with Crippen molar-refractivity contribution in [1.29, 1.82) is 0 Å². The Balaban J connectivity index is 1.26. The van der Waals surface area contributed by atoms with Crippen molar-refractivity contribution >= 4 is 40.5 Å². The summed E-state index contributed by atoms with van der Waals surface area (Å²) >= 11 is 0. The Hall–Kier alpha value is -5.46. The van der Waals surface area contributed by atoms with Gasteiger partial charge in [-0.25, -0.2) is 14.6 Å². The van der Waals surface area contributed by atoms with Crippen LogP contribution >= 0.6 is 0 Å². The molecule has 1 saturated carbocycles. The fourth-order valence-corrected chi connectivity index (χ4v) is 6.39. The molecule has 0 bridgehead atoms. The smallest absolute Gasteiger partial charge is 0.407 e. The van der Waals surface area contributed by atoms with Gasteiger partial charge in [0.15, 0.2) is 0 Å². The van der Waals surface area contributed by atoms with Crippen LogP contribution < -0.4 is 27.0 Å². The van der Waals surface area contributed by atoms with Crippen LogP contribution in [0, 0.1) is 18.8 Å². The lowest BCUT2D eigenvalue weighted by atomic mass is 9.81. The zero-order valence-corrected chi connectivity index (χ0v) is 30.6. The van der Waals surface area contributed by atoms with E-state index < -0.39 is 17.7 Å².